The van der Waals surface area contributed by atoms with E-state index in [-0.39, 0.29) is 6.04 Å². The Labute approximate surface area is 188 Å². The van der Waals surface area contributed by atoms with Crippen molar-refractivity contribution in [2.45, 2.75) is 38.1 Å². The highest BCUT2D eigenvalue weighted by molar-refractivity contribution is 9.10. The van der Waals surface area contributed by atoms with Crippen LogP contribution >= 0.6 is 27.5 Å². The van der Waals surface area contributed by atoms with Crippen LogP contribution in [0.2, 0.25) is 5.02 Å². The standard InChI is InChI=1S/C22H23BrClN5O/c23-17-13-25-29-20(12-19(27-22(17)29)16-3-1-2-4-18(16)24)26-15-7-9-28(10-8-15)21(30)11-14-5-6-14/h1-4,12-15,26H,5-11H2. The van der Waals surface area contributed by atoms with Gasteiger partial charge in [-0.15, -0.1) is 0 Å². The van der Waals surface area contributed by atoms with Crippen molar-refractivity contribution in [3.63, 3.8) is 0 Å². The highest BCUT2D eigenvalue weighted by Gasteiger charge is 2.29. The molecule has 0 bridgehead atoms. The Balaban J connectivity index is 1.36. The van der Waals surface area contributed by atoms with Gasteiger partial charge in [-0.3, -0.25) is 4.79 Å². The van der Waals surface area contributed by atoms with Crippen molar-refractivity contribution in [2.24, 2.45) is 5.92 Å². The first kappa shape index (κ1) is 19.8. The van der Waals surface area contributed by atoms with Crippen LogP contribution in [0.25, 0.3) is 16.9 Å². The maximum absolute atomic E-state index is 12.4. The summed E-state index contributed by atoms with van der Waals surface area (Å²) in [6, 6.07) is 9.99. The molecule has 5 rings (SSSR count). The van der Waals surface area contributed by atoms with E-state index >= 15 is 0 Å². The zero-order chi connectivity index (χ0) is 20.7. The molecule has 2 aromatic heterocycles. The fraction of sp³-hybridized carbons (Fsp3) is 0.409. The summed E-state index contributed by atoms with van der Waals surface area (Å²) in [4.78, 5) is 19.2. The van der Waals surface area contributed by atoms with Crippen LogP contribution in [0.5, 0.6) is 0 Å². The Morgan fingerprint density at radius 3 is 2.70 bits per heavy atom. The second-order valence-corrected chi connectivity index (χ2v) is 9.44. The molecule has 1 saturated carbocycles. The summed E-state index contributed by atoms with van der Waals surface area (Å²) in [6.07, 6.45) is 6.76. The average molecular weight is 489 g/mol. The third-order valence-electron chi connectivity index (χ3n) is 5.94. The van der Waals surface area contributed by atoms with Crippen LogP contribution in [0, 0.1) is 5.92 Å². The number of amides is 1. The molecule has 3 heterocycles. The molecule has 3 aromatic rings. The first-order valence-corrected chi connectivity index (χ1v) is 11.6. The number of hydrogen-bond acceptors (Lipinski definition) is 4. The summed E-state index contributed by atoms with van der Waals surface area (Å²) in [5.41, 5.74) is 2.43. The van der Waals surface area contributed by atoms with Crippen LogP contribution in [-0.2, 0) is 4.79 Å². The normalized spacial score (nSPS) is 17.5. The minimum atomic E-state index is 0.280. The summed E-state index contributed by atoms with van der Waals surface area (Å²) >= 11 is 9.97. The SMILES string of the molecule is O=C(CC1CC1)N1CCC(Nc2cc(-c3ccccc3Cl)nc3c(Br)cnn23)CC1. The Hall–Kier alpha value is -2.12. The molecule has 0 radical (unpaired) electrons. The van der Waals surface area contributed by atoms with Crippen molar-refractivity contribution < 1.29 is 4.79 Å². The van der Waals surface area contributed by atoms with Crippen LogP contribution in [-0.4, -0.2) is 44.5 Å². The Bertz CT molecular complexity index is 1090. The highest BCUT2D eigenvalue weighted by atomic mass is 79.9. The lowest BCUT2D eigenvalue weighted by Crippen LogP contribution is -2.42. The monoisotopic (exact) mass is 487 g/mol. The van der Waals surface area contributed by atoms with Crippen molar-refractivity contribution in [1.82, 2.24) is 19.5 Å². The lowest BCUT2D eigenvalue weighted by Gasteiger charge is -2.33. The average Bonchev–Trinajstić information content (AvgIpc) is 3.49. The Morgan fingerprint density at radius 2 is 1.97 bits per heavy atom. The van der Waals surface area contributed by atoms with Gasteiger partial charge in [0.15, 0.2) is 5.65 Å². The number of rotatable bonds is 5. The topological polar surface area (TPSA) is 62.5 Å². The van der Waals surface area contributed by atoms with Gasteiger partial charge in [-0.05, 0) is 53.6 Å². The van der Waals surface area contributed by atoms with Gasteiger partial charge in [0, 0.05) is 42.2 Å². The van der Waals surface area contributed by atoms with Crippen molar-refractivity contribution in [3.8, 4) is 11.3 Å². The molecule has 1 aliphatic carbocycles. The zero-order valence-electron chi connectivity index (χ0n) is 16.5. The largest absolute Gasteiger partial charge is 0.367 e. The predicted molar refractivity (Wildman–Crippen MR) is 122 cm³/mol. The number of anilines is 1. The number of halogens is 2. The number of fused-ring (bicyclic) bond motifs is 1. The number of nitrogens with zero attached hydrogens (tertiary/aromatic N) is 4. The molecule has 1 aromatic carbocycles. The van der Waals surface area contributed by atoms with E-state index in [1.807, 2.05) is 39.7 Å². The van der Waals surface area contributed by atoms with Gasteiger partial charge in [-0.25, -0.2) is 4.98 Å². The highest BCUT2D eigenvalue weighted by Crippen LogP contribution is 2.34. The summed E-state index contributed by atoms with van der Waals surface area (Å²) in [7, 11) is 0. The van der Waals surface area contributed by atoms with E-state index in [9.17, 15) is 4.79 Å². The van der Waals surface area contributed by atoms with Crippen LogP contribution in [0.15, 0.2) is 41.0 Å². The molecule has 0 spiro atoms. The molecule has 156 valence electrons. The fourth-order valence-electron chi connectivity index (χ4n) is 4.03. The van der Waals surface area contributed by atoms with Gasteiger partial charge in [0.05, 0.1) is 16.4 Å². The maximum atomic E-state index is 12.4. The summed E-state index contributed by atoms with van der Waals surface area (Å²) in [5, 5.41) is 8.77. The maximum Gasteiger partial charge on any atom is 0.222 e. The van der Waals surface area contributed by atoms with Gasteiger partial charge in [0.1, 0.15) is 5.82 Å². The molecule has 1 N–H and O–H groups in total. The first-order valence-electron chi connectivity index (χ1n) is 10.4. The van der Waals surface area contributed by atoms with E-state index in [0.717, 1.165) is 59.5 Å². The van der Waals surface area contributed by atoms with E-state index in [4.69, 9.17) is 16.6 Å². The molecular weight excluding hydrogens is 466 g/mol. The minimum Gasteiger partial charge on any atom is -0.367 e. The zero-order valence-corrected chi connectivity index (χ0v) is 18.9. The number of likely N-dealkylation sites (tertiary alicyclic amines) is 1. The number of nitrogens with one attached hydrogen (secondary N) is 1. The summed E-state index contributed by atoms with van der Waals surface area (Å²) < 4.78 is 2.65. The molecule has 1 aliphatic heterocycles. The fourth-order valence-corrected chi connectivity index (χ4v) is 4.61. The summed E-state index contributed by atoms with van der Waals surface area (Å²) in [6.45, 7) is 1.61. The van der Waals surface area contributed by atoms with Crippen molar-refractivity contribution in [1.29, 1.82) is 0 Å². The molecule has 30 heavy (non-hydrogen) atoms. The van der Waals surface area contributed by atoms with Crippen LogP contribution in [0.1, 0.15) is 32.1 Å². The number of carbonyl (C=O) groups excluding carboxylic acids is 1. The van der Waals surface area contributed by atoms with Crippen molar-refractivity contribution >= 4 is 44.9 Å². The molecule has 1 amide bonds. The van der Waals surface area contributed by atoms with Crippen LogP contribution in [0.4, 0.5) is 5.82 Å². The number of benzene rings is 1. The van der Waals surface area contributed by atoms with Gasteiger partial charge in [-0.2, -0.15) is 9.61 Å². The van der Waals surface area contributed by atoms with Gasteiger partial charge in [0.2, 0.25) is 5.91 Å². The minimum absolute atomic E-state index is 0.280. The molecule has 6 nitrogen and oxygen atoms in total. The van der Waals surface area contributed by atoms with Gasteiger partial charge in [-0.1, -0.05) is 29.8 Å². The number of aromatic nitrogens is 3. The first-order chi connectivity index (χ1) is 14.6. The van der Waals surface area contributed by atoms with Crippen molar-refractivity contribution in [3.05, 3.63) is 46.0 Å². The van der Waals surface area contributed by atoms with E-state index < -0.39 is 0 Å². The lowest BCUT2D eigenvalue weighted by atomic mass is 10.0. The summed E-state index contributed by atoms with van der Waals surface area (Å²) in [5.74, 6) is 1.84. The third kappa shape index (κ3) is 4.05. The number of hydrogen-bond donors (Lipinski definition) is 1. The molecular formula is C22H23BrClN5O. The van der Waals surface area contributed by atoms with E-state index in [2.05, 4.69) is 26.3 Å². The molecule has 2 fully saturated rings. The second kappa shape index (κ2) is 8.19. The quantitative estimate of drug-likeness (QED) is 0.548. The van der Waals surface area contributed by atoms with E-state index in [0.29, 0.717) is 16.8 Å². The molecule has 2 aliphatic rings. The van der Waals surface area contributed by atoms with Gasteiger partial charge >= 0.3 is 0 Å². The van der Waals surface area contributed by atoms with E-state index in [1.54, 1.807) is 6.20 Å². The van der Waals surface area contributed by atoms with Gasteiger partial charge in [0.25, 0.3) is 0 Å². The molecule has 8 heteroatoms. The number of piperidine rings is 1. The Kier molecular flexibility index (Phi) is 5.41. The smallest absolute Gasteiger partial charge is 0.222 e. The lowest BCUT2D eigenvalue weighted by molar-refractivity contribution is -0.132. The van der Waals surface area contributed by atoms with Crippen molar-refractivity contribution in [2.75, 3.05) is 18.4 Å². The predicted octanol–water partition coefficient (Wildman–Crippen LogP) is 5.02. The van der Waals surface area contributed by atoms with Gasteiger partial charge < -0.3 is 10.2 Å². The van der Waals surface area contributed by atoms with Crippen LogP contribution < -0.4 is 5.32 Å². The second-order valence-electron chi connectivity index (χ2n) is 8.18. The van der Waals surface area contributed by atoms with E-state index in [1.165, 1.54) is 12.8 Å². The Morgan fingerprint density at radius 1 is 1.20 bits per heavy atom. The molecule has 0 atom stereocenters. The molecule has 1 saturated heterocycles. The number of carbonyl (C=O) groups is 1. The molecule has 0 unspecified atom stereocenters. The third-order valence-corrected chi connectivity index (χ3v) is 6.83. The van der Waals surface area contributed by atoms with Crippen LogP contribution in [0.3, 0.4) is 0 Å².